The Morgan fingerprint density at radius 2 is 1.35 bits per heavy atom. The second-order valence-corrected chi connectivity index (χ2v) is 6.17. The van der Waals surface area contributed by atoms with E-state index < -0.39 is 0 Å². The Morgan fingerprint density at radius 3 is 1.96 bits per heavy atom. The van der Waals surface area contributed by atoms with E-state index >= 15 is 4.39 Å². The Labute approximate surface area is 148 Å². The van der Waals surface area contributed by atoms with Crippen molar-refractivity contribution in [2.24, 2.45) is 0 Å². The highest BCUT2D eigenvalue weighted by atomic mass is 19.1. The summed E-state index contributed by atoms with van der Waals surface area (Å²) in [5.41, 5.74) is 0.590. The van der Waals surface area contributed by atoms with Crippen LogP contribution in [0.5, 0.6) is 0 Å². The van der Waals surface area contributed by atoms with Gasteiger partial charge in [-0.2, -0.15) is 10.4 Å². The van der Waals surface area contributed by atoms with E-state index in [0.29, 0.717) is 11.1 Å². The second kappa shape index (κ2) is 5.40. The maximum absolute atomic E-state index is 15.6. The molecular formula is C22H12FN3. The van der Waals surface area contributed by atoms with E-state index in [1.807, 2.05) is 54.6 Å². The van der Waals surface area contributed by atoms with Crippen LogP contribution in [0.3, 0.4) is 0 Å². The summed E-state index contributed by atoms with van der Waals surface area (Å²) in [7, 11) is 0. The van der Waals surface area contributed by atoms with Crippen molar-refractivity contribution in [2.45, 2.75) is 0 Å². The van der Waals surface area contributed by atoms with Gasteiger partial charge in [-0.3, -0.25) is 0 Å². The summed E-state index contributed by atoms with van der Waals surface area (Å²) in [6.07, 6.45) is 1.60. The van der Waals surface area contributed by atoms with Crippen molar-refractivity contribution in [2.75, 3.05) is 0 Å². The van der Waals surface area contributed by atoms with Gasteiger partial charge in [0.25, 0.3) is 0 Å². The SMILES string of the molecule is N#Cc1ccn(-c2ccc3c4ccccc4c4ccccc4c3c2F)n1. The first-order valence-corrected chi connectivity index (χ1v) is 8.26. The van der Waals surface area contributed by atoms with Gasteiger partial charge in [-0.05, 0) is 39.1 Å². The van der Waals surface area contributed by atoms with Crippen LogP contribution in [0.2, 0.25) is 0 Å². The summed E-state index contributed by atoms with van der Waals surface area (Å²) in [5, 5.41) is 18.6. The number of halogens is 1. The van der Waals surface area contributed by atoms with Gasteiger partial charge in [0.05, 0.1) is 0 Å². The molecule has 4 heteroatoms. The van der Waals surface area contributed by atoms with E-state index in [1.165, 1.54) is 4.68 Å². The predicted molar refractivity (Wildman–Crippen MR) is 101 cm³/mol. The fourth-order valence-electron chi connectivity index (χ4n) is 3.64. The van der Waals surface area contributed by atoms with Crippen molar-refractivity contribution in [3.05, 3.63) is 84.4 Å². The van der Waals surface area contributed by atoms with Gasteiger partial charge in [0.2, 0.25) is 0 Å². The molecule has 1 heterocycles. The van der Waals surface area contributed by atoms with Crippen LogP contribution in [0, 0.1) is 17.1 Å². The van der Waals surface area contributed by atoms with Crippen molar-refractivity contribution in [1.29, 1.82) is 5.26 Å². The molecule has 1 aromatic heterocycles. The predicted octanol–water partition coefficient (Wildman–Crippen LogP) is 5.34. The topological polar surface area (TPSA) is 41.6 Å². The first kappa shape index (κ1) is 14.6. The van der Waals surface area contributed by atoms with Crippen LogP contribution in [0.4, 0.5) is 4.39 Å². The number of aromatic nitrogens is 2. The minimum absolute atomic E-state index is 0.257. The molecule has 0 atom stereocenters. The molecule has 0 aliphatic heterocycles. The molecule has 0 unspecified atom stereocenters. The Bertz CT molecular complexity index is 1320. The van der Waals surface area contributed by atoms with Gasteiger partial charge < -0.3 is 0 Å². The molecule has 0 fully saturated rings. The van der Waals surface area contributed by atoms with E-state index in [1.54, 1.807) is 18.3 Å². The van der Waals surface area contributed by atoms with E-state index in [9.17, 15) is 0 Å². The molecular weight excluding hydrogens is 325 g/mol. The lowest BCUT2D eigenvalue weighted by Gasteiger charge is -2.13. The van der Waals surface area contributed by atoms with E-state index in [4.69, 9.17) is 5.26 Å². The Morgan fingerprint density at radius 1 is 0.769 bits per heavy atom. The molecule has 122 valence electrons. The smallest absolute Gasteiger partial charge is 0.162 e. The lowest BCUT2D eigenvalue weighted by atomic mass is 9.94. The van der Waals surface area contributed by atoms with Crippen LogP contribution in [0.15, 0.2) is 72.9 Å². The van der Waals surface area contributed by atoms with Gasteiger partial charge in [-0.25, -0.2) is 9.07 Å². The van der Waals surface area contributed by atoms with Crippen LogP contribution >= 0.6 is 0 Å². The Hall–Kier alpha value is -3.71. The maximum atomic E-state index is 15.6. The zero-order valence-corrected chi connectivity index (χ0v) is 13.6. The molecule has 0 bridgehead atoms. The van der Waals surface area contributed by atoms with Gasteiger partial charge in [0.15, 0.2) is 11.5 Å². The summed E-state index contributed by atoms with van der Waals surface area (Å²) >= 11 is 0. The van der Waals surface area contributed by atoms with E-state index in [-0.39, 0.29) is 11.5 Å². The molecule has 26 heavy (non-hydrogen) atoms. The summed E-state index contributed by atoms with van der Waals surface area (Å²) in [4.78, 5) is 0. The average Bonchev–Trinajstić information content (AvgIpc) is 3.17. The fourth-order valence-corrected chi connectivity index (χ4v) is 3.64. The van der Waals surface area contributed by atoms with E-state index in [0.717, 1.165) is 26.9 Å². The normalized spacial score (nSPS) is 11.2. The standard InChI is InChI=1S/C22H12FN3/c23-22-20(26-12-11-14(13-24)25-26)10-9-19-17-7-2-1-5-15(17)16-6-3-4-8-18(16)21(19)22/h1-12H. The molecule has 0 N–H and O–H groups in total. The lowest BCUT2D eigenvalue weighted by Crippen LogP contribution is -2.00. The molecule has 0 saturated heterocycles. The van der Waals surface area contributed by atoms with Crippen LogP contribution in [0.25, 0.3) is 38.0 Å². The molecule has 0 aliphatic carbocycles. The summed E-state index contributed by atoms with van der Waals surface area (Å²) in [5.74, 6) is -0.336. The molecule has 3 nitrogen and oxygen atoms in total. The highest BCUT2D eigenvalue weighted by Crippen LogP contribution is 2.37. The van der Waals surface area contributed by atoms with Gasteiger partial charge in [0.1, 0.15) is 11.8 Å². The third-order valence-electron chi connectivity index (χ3n) is 4.78. The number of rotatable bonds is 1. The average molecular weight is 337 g/mol. The zero-order chi connectivity index (χ0) is 17.7. The number of hydrogen-bond donors (Lipinski definition) is 0. The first-order valence-electron chi connectivity index (χ1n) is 8.26. The van der Waals surface area contributed by atoms with Crippen LogP contribution in [-0.2, 0) is 0 Å². The molecule has 5 aromatic rings. The van der Waals surface area contributed by atoms with Gasteiger partial charge >= 0.3 is 0 Å². The largest absolute Gasteiger partial charge is 0.237 e. The van der Waals surface area contributed by atoms with Gasteiger partial charge in [-0.1, -0.05) is 54.6 Å². The van der Waals surface area contributed by atoms with Crippen molar-refractivity contribution < 1.29 is 4.39 Å². The molecule has 5 rings (SSSR count). The number of fused-ring (bicyclic) bond motifs is 6. The minimum Gasteiger partial charge on any atom is -0.237 e. The lowest BCUT2D eigenvalue weighted by molar-refractivity contribution is 0.623. The number of nitriles is 1. The third kappa shape index (κ3) is 1.95. The van der Waals surface area contributed by atoms with Gasteiger partial charge in [-0.15, -0.1) is 0 Å². The highest BCUT2D eigenvalue weighted by molar-refractivity contribution is 6.25. The first-order chi connectivity index (χ1) is 12.8. The Balaban J connectivity index is 1.97. The molecule has 0 aliphatic rings. The highest BCUT2D eigenvalue weighted by Gasteiger charge is 2.16. The van der Waals surface area contributed by atoms with Crippen LogP contribution < -0.4 is 0 Å². The summed E-state index contributed by atoms with van der Waals surface area (Å²) in [6.45, 7) is 0. The van der Waals surface area contributed by atoms with E-state index in [2.05, 4.69) is 11.2 Å². The van der Waals surface area contributed by atoms with Crippen LogP contribution in [0.1, 0.15) is 5.69 Å². The molecule has 0 spiro atoms. The quantitative estimate of drug-likeness (QED) is 0.387. The number of benzene rings is 4. The molecule has 0 amide bonds. The zero-order valence-electron chi connectivity index (χ0n) is 13.6. The molecule has 4 aromatic carbocycles. The number of hydrogen-bond acceptors (Lipinski definition) is 2. The summed E-state index contributed by atoms with van der Waals surface area (Å²) in [6, 6.07) is 23.1. The maximum Gasteiger partial charge on any atom is 0.162 e. The summed E-state index contributed by atoms with van der Waals surface area (Å²) < 4.78 is 17.0. The third-order valence-corrected chi connectivity index (χ3v) is 4.78. The van der Waals surface area contributed by atoms with Crippen molar-refractivity contribution in [1.82, 2.24) is 9.78 Å². The van der Waals surface area contributed by atoms with Crippen molar-refractivity contribution >= 4 is 32.3 Å². The van der Waals surface area contributed by atoms with Crippen LogP contribution in [-0.4, -0.2) is 9.78 Å². The minimum atomic E-state index is -0.336. The molecule has 0 radical (unpaired) electrons. The monoisotopic (exact) mass is 337 g/mol. The van der Waals surface area contributed by atoms with Gasteiger partial charge in [0, 0.05) is 11.6 Å². The van der Waals surface area contributed by atoms with Crippen molar-refractivity contribution in [3.63, 3.8) is 0 Å². The second-order valence-electron chi connectivity index (χ2n) is 6.17. The fraction of sp³-hybridized carbons (Fsp3) is 0. The number of nitrogens with zero attached hydrogens (tertiary/aromatic N) is 3. The Kier molecular flexibility index (Phi) is 3.04. The van der Waals surface area contributed by atoms with Crippen molar-refractivity contribution in [3.8, 4) is 11.8 Å². The molecule has 0 saturated carbocycles.